The number of aliphatic carboxylic acids is 1. The third-order valence-electron chi connectivity index (χ3n) is 2.16. The topological polar surface area (TPSA) is 66.8 Å². The number of carbonyl (C=O) groups is 1. The zero-order valence-corrected chi connectivity index (χ0v) is 9.22. The van der Waals surface area contributed by atoms with Gasteiger partial charge in [-0.3, -0.25) is 4.79 Å². The van der Waals surface area contributed by atoms with E-state index in [0.717, 1.165) is 5.56 Å². The molecule has 2 N–H and O–H groups in total. The summed E-state index contributed by atoms with van der Waals surface area (Å²) in [4.78, 5) is 10.4. The van der Waals surface area contributed by atoms with E-state index in [2.05, 4.69) is 0 Å². The third-order valence-corrected chi connectivity index (χ3v) is 2.16. The highest BCUT2D eigenvalue weighted by atomic mass is 16.5. The molecule has 0 bridgehead atoms. The molecule has 4 heteroatoms. The Morgan fingerprint density at radius 2 is 2.00 bits per heavy atom. The smallest absolute Gasteiger partial charge is 0.303 e. The molecule has 88 valence electrons. The molecule has 0 aliphatic rings. The van der Waals surface area contributed by atoms with Crippen LogP contribution in [0.5, 0.6) is 5.75 Å². The zero-order chi connectivity index (χ0) is 12.0. The molecule has 0 aromatic heterocycles. The number of ether oxygens (including phenoxy) is 1. The molecule has 1 unspecified atom stereocenters. The maximum atomic E-state index is 10.4. The van der Waals surface area contributed by atoms with E-state index in [1.165, 1.54) is 0 Å². The summed E-state index contributed by atoms with van der Waals surface area (Å²) in [6, 6.07) is 7.08. The Balaban J connectivity index is 2.39. The molecule has 0 aliphatic heterocycles. The van der Waals surface area contributed by atoms with Crippen molar-refractivity contribution in [3.8, 4) is 5.75 Å². The van der Waals surface area contributed by atoms with Crippen molar-refractivity contribution in [2.45, 2.75) is 20.0 Å². The summed E-state index contributed by atoms with van der Waals surface area (Å²) in [6.45, 7) is 2.22. The first-order chi connectivity index (χ1) is 7.61. The van der Waals surface area contributed by atoms with Gasteiger partial charge in [-0.05, 0) is 17.7 Å². The quantitative estimate of drug-likeness (QED) is 0.771. The standard InChI is InChI=1S/C12H16O4/c1-9(6-12(14)15)8-16-11-4-2-10(7-13)3-5-11/h2-5,9,13H,6-8H2,1H3,(H,14,15). The summed E-state index contributed by atoms with van der Waals surface area (Å²) in [7, 11) is 0. The number of hydrogen-bond acceptors (Lipinski definition) is 3. The highest BCUT2D eigenvalue weighted by molar-refractivity contribution is 5.66. The van der Waals surface area contributed by atoms with Gasteiger partial charge in [0.05, 0.1) is 19.6 Å². The average molecular weight is 224 g/mol. The fourth-order valence-electron chi connectivity index (χ4n) is 1.29. The molecule has 0 radical (unpaired) electrons. The van der Waals surface area contributed by atoms with E-state index in [4.69, 9.17) is 14.9 Å². The molecule has 1 aromatic rings. The first-order valence-corrected chi connectivity index (χ1v) is 5.16. The van der Waals surface area contributed by atoms with Crippen molar-refractivity contribution in [3.05, 3.63) is 29.8 Å². The Bertz CT molecular complexity index is 331. The Morgan fingerprint density at radius 3 is 2.50 bits per heavy atom. The van der Waals surface area contributed by atoms with Gasteiger partial charge in [0.15, 0.2) is 0 Å². The Kier molecular flexibility index (Phi) is 4.79. The van der Waals surface area contributed by atoms with Gasteiger partial charge < -0.3 is 14.9 Å². The predicted octanol–water partition coefficient (Wildman–Crippen LogP) is 1.67. The zero-order valence-electron chi connectivity index (χ0n) is 9.22. The van der Waals surface area contributed by atoms with Gasteiger partial charge in [-0.25, -0.2) is 0 Å². The van der Waals surface area contributed by atoms with E-state index in [1.54, 1.807) is 24.3 Å². The van der Waals surface area contributed by atoms with Crippen LogP contribution in [0.2, 0.25) is 0 Å². The van der Waals surface area contributed by atoms with Crippen LogP contribution in [0.4, 0.5) is 0 Å². The fourth-order valence-corrected chi connectivity index (χ4v) is 1.29. The second kappa shape index (κ2) is 6.12. The van der Waals surface area contributed by atoms with Crippen molar-refractivity contribution in [3.63, 3.8) is 0 Å². The van der Waals surface area contributed by atoms with Crippen LogP contribution in [-0.4, -0.2) is 22.8 Å². The minimum absolute atomic E-state index is 0.00962. The maximum Gasteiger partial charge on any atom is 0.303 e. The van der Waals surface area contributed by atoms with Crippen LogP contribution < -0.4 is 4.74 Å². The molecular weight excluding hydrogens is 208 g/mol. The molecule has 0 fully saturated rings. The van der Waals surface area contributed by atoms with Crippen LogP contribution in [-0.2, 0) is 11.4 Å². The Hall–Kier alpha value is -1.55. The minimum atomic E-state index is -0.813. The molecule has 1 aromatic carbocycles. The second-order valence-electron chi connectivity index (χ2n) is 3.82. The first-order valence-electron chi connectivity index (χ1n) is 5.16. The predicted molar refractivity (Wildman–Crippen MR) is 59.3 cm³/mol. The number of benzene rings is 1. The molecule has 16 heavy (non-hydrogen) atoms. The lowest BCUT2D eigenvalue weighted by molar-refractivity contribution is -0.138. The Morgan fingerprint density at radius 1 is 1.38 bits per heavy atom. The molecule has 0 spiro atoms. The number of aliphatic hydroxyl groups is 1. The summed E-state index contributed by atoms with van der Waals surface area (Å²) in [5.74, 6) is -0.142. The van der Waals surface area contributed by atoms with Crippen LogP contribution in [0.25, 0.3) is 0 Å². The summed E-state index contributed by atoms with van der Waals surface area (Å²) >= 11 is 0. The molecule has 1 rings (SSSR count). The van der Waals surface area contributed by atoms with Crippen molar-refractivity contribution >= 4 is 5.97 Å². The average Bonchev–Trinajstić information content (AvgIpc) is 2.26. The third kappa shape index (κ3) is 4.31. The lowest BCUT2D eigenvalue weighted by Gasteiger charge is -2.11. The van der Waals surface area contributed by atoms with Crippen LogP contribution in [0.3, 0.4) is 0 Å². The normalized spacial score (nSPS) is 12.1. The molecule has 0 aliphatic carbocycles. The number of carboxylic acid groups (broad SMARTS) is 1. The molecule has 1 atom stereocenters. The van der Waals surface area contributed by atoms with Crippen molar-refractivity contribution in [2.75, 3.05) is 6.61 Å². The maximum absolute atomic E-state index is 10.4. The van der Waals surface area contributed by atoms with E-state index in [9.17, 15) is 4.79 Å². The van der Waals surface area contributed by atoms with E-state index >= 15 is 0 Å². The highest BCUT2D eigenvalue weighted by Crippen LogP contribution is 2.14. The lowest BCUT2D eigenvalue weighted by atomic mass is 10.1. The van der Waals surface area contributed by atoms with Gasteiger partial charge in [0, 0.05) is 5.92 Å². The van der Waals surface area contributed by atoms with Gasteiger partial charge in [-0.1, -0.05) is 19.1 Å². The van der Waals surface area contributed by atoms with Gasteiger partial charge in [-0.2, -0.15) is 0 Å². The van der Waals surface area contributed by atoms with Crippen molar-refractivity contribution in [1.29, 1.82) is 0 Å². The first kappa shape index (κ1) is 12.5. The summed E-state index contributed by atoms with van der Waals surface area (Å²) in [6.07, 6.45) is 0.106. The van der Waals surface area contributed by atoms with Crippen molar-refractivity contribution in [1.82, 2.24) is 0 Å². The van der Waals surface area contributed by atoms with E-state index in [-0.39, 0.29) is 18.9 Å². The molecule has 0 saturated heterocycles. The molecular formula is C12H16O4. The molecule has 0 heterocycles. The number of rotatable bonds is 6. The fraction of sp³-hybridized carbons (Fsp3) is 0.417. The summed E-state index contributed by atoms with van der Waals surface area (Å²) in [5.41, 5.74) is 0.825. The van der Waals surface area contributed by atoms with Gasteiger partial charge >= 0.3 is 5.97 Å². The van der Waals surface area contributed by atoms with Crippen molar-refractivity contribution < 1.29 is 19.7 Å². The number of aliphatic hydroxyl groups excluding tert-OH is 1. The monoisotopic (exact) mass is 224 g/mol. The summed E-state index contributed by atoms with van der Waals surface area (Å²) < 4.78 is 5.42. The minimum Gasteiger partial charge on any atom is -0.493 e. The van der Waals surface area contributed by atoms with E-state index in [1.807, 2.05) is 6.92 Å². The van der Waals surface area contributed by atoms with Gasteiger partial charge in [-0.15, -0.1) is 0 Å². The van der Waals surface area contributed by atoms with Gasteiger partial charge in [0.1, 0.15) is 5.75 Å². The largest absolute Gasteiger partial charge is 0.493 e. The van der Waals surface area contributed by atoms with E-state index in [0.29, 0.717) is 12.4 Å². The van der Waals surface area contributed by atoms with E-state index < -0.39 is 5.97 Å². The number of hydrogen-bond donors (Lipinski definition) is 2. The van der Waals surface area contributed by atoms with Gasteiger partial charge in [0.2, 0.25) is 0 Å². The molecule has 0 amide bonds. The van der Waals surface area contributed by atoms with Crippen LogP contribution in [0.1, 0.15) is 18.9 Å². The SMILES string of the molecule is CC(COc1ccc(CO)cc1)CC(=O)O. The molecule has 4 nitrogen and oxygen atoms in total. The number of carboxylic acids is 1. The van der Waals surface area contributed by atoms with Gasteiger partial charge in [0.25, 0.3) is 0 Å². The van der Waals surface area contributed by atoms with Crippen LogP contribution in [0.15, 0.2) is 24.3 Å². The molecule has 0 saturated carbocycles. The highest BCUT2D eigenvalue weighted by Gasteiger charge is 2.08. The van der Waals surface area contributed by atoms with Crippen LogP contribution in [0, 0.1) is 5.92 Å². The second-order valence-corrected chi connectivity index (χ2v) is 3.82. The Labute approximate surface area is 94.5 Å². The van der Waals surface area contributed by atoms with Crippen molar-refractivity contribution in [2.24, 2.45) is 5.92 Å². The van der Waals surface area contributed by atoms with Crippen LogP contribution >= 0.6 is 0 Å². The summed E-state index contributed by atoms with van der Waals surface area (Å²) in [5, 5.41) is 17.4. The lowest BCUT2D eigenvalue weighted by Crippen LogP contribution is -2.12.